The van der Waals surface area contributed by atoms with E-state index in [2.05, 4.69) is 22.5 Å². The summed E-state index contributed by atoms with van der Waals surface area (Å²) < 4.78 is 5.57. The lowest BCUT2D eigenvalue weighted by Crippen LogP contribution is -2.15. The van der Waals surface area contributed by atoms with E-state index >= 15 is 0 Å². The highest BCUT2D eigenvalue weighted by Gasteiger charge is 2.08. The largest absolute Gasteiger partial charge is 0.494 e. The number of rotatable bonds is 9. The minimum atomic E-state index is 0. The summed E-state index contributed by atoms with van der Waals surface area (Å²) in [6.45, 7) is 3.64. The third-order valence-electron chi connectivity index (χ3n) is 3.20. The van der Waals surface area contributed by atoms with Crippen LogP contribution in [0, 0.1) is 0 Å². The first-order valence-corrected chi connectivity index (χ1v) is 8.74. The SMILES string of the molecule is CCCOc1ccc(-c2csc(NC(=O)CCCNC)n2)cc1.Cl. The molecule has 2 aromatic rings. The molecule has 0 saturated heterocycles. The molecule has 0 spiro atoms. The molecular weight excluding hydrogens is 346 g/mol. The number of amides is 1. The number of benzene rings is 1. The molecule has 0 radical (unpaired) electrons. The van der Waals surface area contributed by atoms with Crippen LogP contribution in [0.1, 0.15) is 26.2 Å². The fourth-order valence-corrected chi connectivity index (χ4v) is 2.75. The van der Waals surface area contributed by atoms with E-state index in [1.165, 1.54) is 11.3 Å². The Hall–Kier alpha value is -1.63. The Kier molecular flexibility index (Phi) is 9.37. The van der Waals surface area contributed by atoms with E-state index in [1.807, 2.05) is 36.7 Å². The van der Waals surface area contributed by atoms with E-state index in [0.717, 1.165) is 43.0 Å². The van der Waals surface area contributed by atoms with Crippen molar-refractivity contribution in [2.75, 3.05) is 25.5 Å². The van der Waals surface area contributed by atoms with Gasteiger partial charge in [-0.3, -0.25) is 4.79 Å². The summed E-state index contributed by atoms with van der Waals surface area (Å²) in [4.78, 5) is 16.3. The van der Waals surface area contributed by atoms with Gasteiger partial charge in [0, 0.05) is 17.4 Å². The van der Waals surface area contributed by atoms with Gasteiger partial charge in [0.1, 0.15) is 5.75 Å². The number of hydrogen-bond donors (Lipinski definition) is 2. The molecule has 2 rings (SSSR count). The molecule has 1 aromatic heterocycles. The zero-order valence-electron chi connectivity index (χ0n) is 14.0. The summed E-state index contributed by atoms with van der Waals surface area (Å²) in [6, 6.07) is 7.86. The molecule has 5 nitrogen and oxygen atoms in total. The van der Waals surface area contributed by atoms with E-state index in [1.54, 1.807) is 0 Å². The first-order chi connectivity index (χ1) is 11.2. The van der Waals surface area contributed by atoms with Gasteiger partial charge in [-0.05, 0) is 50.7 Å². The predicted molar refractivity (Wildman–Crippen MR) is 102 cm³/mol. The van der Waals surface area contributed by atoms with Crippen LogP contribution in [0.2, 0.25) is 0 Å². The van der Waals surface area contributed by atoms with Crippen LogP contribution in [0.4, 0.5) is 5.13 Å². The zero-order chi connectivity index (χ0) is 16.5. The summed E-state index contributed by atoms with van der Waals surface area (Å²) >= 11 is 1.44. The lowest BCUT2D eigenvalue weighted by Gasteiger charge is -2.04. The molecule has 0 saturated carbocycles. The molecule has 7 heteroatoms. The minimum absolute atomic E-state index is 0. The summed E-state index contributed by atoms with van der Waals surface area (Å²) in [6.07, 6.45) is 2.31. The predicted octanol–water partition coefficient (Wildman–Crippen LogP) is 3.96. The van der Waals surface area contributed by atoms with Crippen LogP contribution < -0.4 is 15.4 Å². The van der Waals surface area contributed by atoms with Crippen molar-refractivity contribution >= 4 is 34.8 Å². The van der Waals surface area contributed by atoms with Gasteiger partial charge in [-0.25, -0.2) is 4.98 Å². The van der Waals surface area contributed by atoms with Gasteiger partial charge in [0.2, 0.25) is 5.91 Å². The zero-order valence-corrected chi connectivity index (χ0v) is 15.6. The number of halogens is 1. The summed E-state index contributed by atoms with van der Waals surface area (Å²) in [7, 11) is 1.88. The van der Waals surface area contributed by atoms with Crippen LogP contribution >= 0.6 is 23.7 Å². The molecule has 0 unspecified atom stereocenters. The second kappa shape index (κ2) is 11.0. The second-order valence-electron chi connectivity index (χ2n) is 5.17. The summed E-state index contributed by atoms with van der Waals surface area (Å²) in [5.41, 5.74) is 1.88. The van der Waals surface area contributed by atoms with Crippen molar-refractivity contribution in [3.05, 3.63) is 29.6 Å². The lowest BCUT2D eigenvalue weighted by molar-refractivity contribution is -0.116. The monoisotopic (exact) mass is 369 g/mol. The highest BCUT2D eigenvalue weighted by Crippen LogP contribution is 2.26. The highest BCUT2D eigenvalue weighted by molar-refractivity contribution is 7.14. The van der Waals surface area contributed by atoms with Crippen molar-refractivity contribution in [2.24, 2.45) is 0 Å². The first kappa shape index (κ1) is 20.4. The number of ether oxygens (including phenoxy) is 1. The van der Waals surface area contributed by atoms with Crippen molar-refractivity contribution in [1.82, 2.24) is 10.3 Å². The molecule has 0 aliphatic carbocycles. The van der Waals surface area contributed by atoms with Gasteiger partial charge in [-0.2, -0.15) is 0 Å². The molecule has 0 aliphatic heterocycles. The number of thiazole rings is 1. The maximum absolute atomic E-state index is 11.8. The first-order valence-electron chi connectivity index (χ1n) is 7.86. The van der Waals surface area contributed by atoms with Gasteiger partial charge in [-0.1, -0.05) is 6.92 Å². The number of carbonyl (C=O) groups excluding carboxylic acids is 1. The molecule has 1 amide bonds. The van der Waals surface area contributed by atoms with Crippen molar-refractivity contribution in [2.45, 2.75) is 26.2 Å². The minimum Gasteiger partial charge on any atom is -0.494 e. The standard InChI is InChI=1S/C17H23N3O2S.ClH/c1-3-11-22-14-8-6-13(7-9-14)15-12-23-17(19-15)20-16(21)5-4-10-18-2;/h6-9,12,18H,3-5,10-11H2,1-2H3,(H,19,20,21);1H. The topological polar surface area (TPSA) is 63.2 Å². The fourth-order valence-electron chi connectivity index (χ4n) is 2.01. The Balaban J connectivity index is 0.00000288. The molecule has 2 N–H and O–H groups in total. The Bertz CT molecular complexity index is 617. The maximum atomic E-state index is 11.8. The molecule has 1 heterocycles. The van der Waals surface area contributed by atoms with Gasteiger partial charge in [0.15, 0.2) is 5.13 Å². The van der Waals surface area contributed by atoms with Gasteiger partial charge in [0.05, 0.1) is 12.3 Å². The fraction of sp³-hybridized carbons (Fsp3) is 0.412. The quantitative estimate of drug-likeness (QED) is 0.657. The van der Waals surface area contributed by atoms with Crippen molar-refractivity contribution in [3.63, 3.8) is 0 Å². The number of aromatic nitrogens is 1. The van der Waals surface area contributed by atoms with Gasteiger partial charge < -0.3 is 15.4 Å². The molecule has 24 heavy (non-hydrogen) atoms. The smallest absolute Gasteiger partial charge is 0.226 e. The van der Waals surface area contributed by atoms with Gasteiger partial charge >= 0.3 is 0 Å². The molecule has 132 valence electrons. The third-order valence-corrected chi connectivity index (χ3v) is 3.96. The second-order valence-corrected chi connectivity index (χ2v) is 6.02. The number of anilines is 1. The highest BCUT2D eigenvalue weighted by atomic mass is 35.5. The number of nitrogens with zero attached hydrogens (tertiary/aromatic N) is 1. The number of nitrogens with one attached hydrogen (secondary N) is 2. The van der Waals surface area contributed by atoms with Crippen LogP contribution in [-0.4, -0.2) is 31.1 Å². The molecule has 1 aromatic carbocycles. The van der Waals surface area contributed by atoms with Crippen LogP contribution in [0.25, 0.3) is 11.3 Å². The number of carbonyl (C=O) groups is 1. The normalized spacial score (nSPS) is 10.1. The average molecular weight is 370 g/mol. The Morgan fingerprint density at radius 2 is 2.04 bits per heavy atom. The summed E-state index contributed by atoms with van der Waals surface area (Å²) in [5, 5.41) is 8.46. The van der Waals surface area contributed by atoms with Crippen LogP contribution in [-0.2, 0) is 4.79 Å². The Labute approximate surface area is 153 Å². The van der Waals surface area contributed by atoms with E-state index in [-0.39, 0.29) is 18.3 Å². The van der Waals surface area contributed by atoms with Crippen LogP contribution in [0.15, 0.2) is 29.6 Å². The Morgan fingerprint density at radius 3 is 2.71 bits per heavy atom. The van der Waals surface area contributed by atoms with Crippen molar-refractivity contribution in [3.8, 4) is 17.0 Å². The van der Waals surface area contributed by atoms with Gasteiger partial charge in [0.25, 0.3) is 0 Å². The average Bonchev–Trinajstić information content (AvgIpc) is 3.02. The number of hydrogen-bond acceptors (Lipinski definition) is 5. The van der Waals surface area contributed by atoms with Crippen LogP contribution in [0.3, 0.4) is 0 Å². The molecule has 0 fully saturated rings. The van der Waals surface area contributed by atoms with Gasteiger partial charge in [-0.15, -0.1) is 23.7 Å². The van der Waals surface area contributed by atoms with E-state index in [0.29, 0.717) is 11.6 Å². The summed E-state index contributed by atoms with van der Waals surface area (Å²) in [5.74, 6) is 0.869. The molecule has 0 atom stereocenters. The molecular formula is C17H24ClN3O2S. The Morgan fingerprint density at radius 1 is 1.29 bits per heavy atom. The third kappa shape index (κ3) is 6.47. The van der Waals surface area contributed by atoms with Crippen molar-refractivity contribution < 1.29 is 9.53 Å². The maximum Gasteiger partial charge on any atom is 0.226 e. The van der Waals surface area contributed by atoms with Crippen LogP contribution in [0.5, 0.6) is 5.75 Å². The lowest BCUT2D eigenvalue weighted by atomic mass is 10.2. The van der Waals surface area contributed by atoms with E-state index < -0.39 is 0 Å². The van der Waals surface area contributed by atoms with E-state index in [9.17, 15) is 4.79 Å². The van der Waals surface area contributed by atoms with E-state index in [4.69, 9.17) is 4.74 Å². The van der Waals surface area contributed by atoms with Crippen molar-refractivity contribution in [1.29, 1.82) is 0 Å². The molecule has 0 aliphatic rings. The molecule has 0 bridgehead atoms.